The maximum absolute atomic E-state index is 13.6. The van der Waals surface area contributed by atoms with E-state index < -0.39 is 46.6 Å². The number of hydrogen-bond acceptors (Lipinski definition) is 5. The lowest BCUT2D eigenvalue weighted by Gasteiger charge is -2.45. The largest absolute Gasteiger partial charge is 0.417 e. The number of fused-ring (bicyclic) bond motifs is 2. The molecule has 6 atom stereocenters. The molecule has 4 fully saturated rings. The van der Waals surface area contributed by atoms with Crippen LogP contribution < -0.4 is 10.2 Å². The molecule has 0 saturated carbocycles. The molecular formula is C22H22F3N3O4. The smallest absolute Gasteiger partial charge is 0.365 e. The summed E-state index contributed by atoms with van der Waals surface area (Å²) >= 11 is 0. The van der Waals surface area contributed by atoms with Crippen LogP contribution in [0, 0.1) is 23.2 Å². The van der Waals surface area contributed by atoms with E-state index in [1.165, 1.54) is 11.0 Å². The standard InChI is InChI=1S/C22H22F3N3O4/c1-3-15(29)27-14-9-20(2)16-17-19(31-7-6-21(14,17)32-20)28(18(16)30)12-5-4-11(10-26)13(8-12)22(23,24)25/h4-5,8,14,16-17,19H,3,6-7,9H2,1-2H3,(H,27,29)/t14-,16+,17-,19-,20+,21-/m0/s1. The second-order valence-electron chi connectivity index (χ2n) is 9.11. The van der Waals surface area contributed by atoms with Crippen LogP contribution in [0.3, 0.4) is 0 Å². The van der Waals surface area contributed by atoms with Gasteiger partial charge in [0.1, 0.15) is 6.23 Å². The third-order valence-electron chi connectivity index (χ3n) is 7.41. The number of amides is 2. The van der Waals surface area contributed by atoms with Crippen LogP contribution in [-0.4, -0.2) is 41.9 Å². The van der Waals surface area contributed by atoms with Crippen molar-refractivity contribution in [1.82, 2.24) is 5.32 Å². The first-order valence-corrected chi connectivity index (χ1v) is 10.6. The predicted octanol–water partition coefficient (Wildman–Crippen LogP) is 2.73. The summed E-state index contributed by atoms with van der Waals surface area (Å²) in [6.07, 6.45) is -4.30. The van der Waals surface area contributed by atoms with Crippen LogP contribution in [0.15, 0.2) is 18.2 Å². The van der Waals surface area contributed by atoms with Crippen LogP contribution in [0.2, 0.25) is 0 Å². The number of hydrogen-bond donors (Lipinski definition) is 1. The Morgan fingerprint density at radius 3 is 2.81 bits per heavy atom. The third-order valence-corrected chi connectivity index (χ3v) is 7.41. The van der Waals surface area contributed by atoms with Crippen LogP contribution >= 0.6 is 0 Å². The van der Waals surface area contributed by atoms with Gasteiger partial charge in [0.2, 0.25) is 11.8 Å². The maximum Gasteiger partial charge on any atom is 0.417 e. The van der Waals surface area contributed by atoms with Gasteiger partial charge >= 0.3 is 6.18 Å². The van der Waals surface area contributed by atoms with Gasteiger partial charge in [0.25, 0.3) is 0 Å². The Kier molecular flexibility index (Phi) is 4.43. The lowest BCUT2D eigenvalue weighted by atomic mass is 9.64. The molecule has 4 aliphatic rings. The average Bonchev–Trinajstić information content (AvgIpc) is 3.30. The van der Waals surface area contributed by atoms with E-state index in [-0.39, 0.29) is 30.2 Å². The highest BCUT2D eigenvalue weighted by atomic mass is 19.4. The Bertz CT molecular complexity index is 1050. The minimum absolute atomic E-state index is 0.0370. The van der Waals surface area contributed by atoms with E-state index in [0.29, 0.717) is 19.3 Å². The molecule has 1 N–H and O–H groups in total. The first kappa shape index (κ1) is 21.2. The summed E-state index contributed by atoms with van der Waals surface area (Å²) in [7, 11) is 0. The molecule has 0 radical (unpaired) electrons. The van der Waals surface area contributed by atoms with Crippen LogP contribution in [0.25, 0.3) is 0 Å². The topological polar surface area (TPSA) is 91.7 Å². The Balaban J connectivity index is 1.57. The van der Waals surface area contributed by atoms with Crippen molar-refractivity contribution < 1.29 is 32.2 Å². The van der Waals surface area contributed by atoms with Crippen molar-refractivity contribution in [3.63, 3.8) is 0 Å². The highest BCUT2D eigenvalue weighted by molar-refractivity contribution is 6.00. The summed E-state index contributed by atoms with van der Waals surface area (Å²) in [5.41, 5.74) is -3.22. The molecule has 0 aliphatic carbocycles. The molecule has 2 bridgehead atoms. The molecule has 4 saturated heterocycles. The number of nitrogens with zero attached hydrogens (tertiary/aromatic N) is 2. The highest BCUT2D eigenvalue weighted by Gasteiger charge is 2.78. The number of anilines is 1. The molecule has 2 amide bonds. The van der Waals surface area contributed by atoms with E-state index in [9.17, 15) is 22.8 Å². The summed E-state index contributed by atoms with van der Waals surface area (Å²) in [4.78, 5) is 27.0. The molecule has 0 aromatic heterocycles. The zero-order valence-corrected chi connectivity index (χ0v) is 17.5. The monoisotopic (exact) mass is 449 g/mol. The summed E-state index contributed by atoms with van der Waals surface area (Å²) in [6, 6.07) is 4.52. The van der Waals surface area contributed by atoms with Gasteiger partial charge in [-0.05, 0) is 31.5 Å². The zero-order chi connectivity index (χ0) is 23.1. The molecule has 5 rings (SSSR count). The molecule has 1 spiro atoms. The number of nitrogens with one attached hydrogen (secondary N) is 1. The third kappa shape index (κ3) is 2.67. The number of benzene rings is 1. The van der Waals surface area contributed by atoms with E-state index in [0.717, 1.165) is 12.1 Å². The zero-order valence-electron chi connectivity index (χ0n) is 17.5. The van der Waals surface area contributed by atoms with E-state index in [1.54, 1.807) is 13.0 Å². The molecule has 1 aromatic carbocycles. The normalized spacial score (nSPS) is 37.4. The predicted molar refractivity (Wildman–Crippen MR) is 104 cm³/mol. The second-order valence-corrected chi connectivity index (χ2v) is 9.11. The van der Waals surface area contributed by atoms with Crippen molar-refractivity contribution in [2.45, 2.75) is 62.8 Å². The number of alkyl halides is 3. The first-order valence-electron chi connectivity index (χ1n) is 10.6. The molecule has 32 heavy (non-hydrogen) atoms. The number of carbonyl (C=O) groups is 2. The van der Waals surface area contributed by atoms with Gasteiger partial charge in [0, 0.05) is 18.5 Å². The van der Waals surface area contributed by atoms with Crippen LogP contribution in [0.5, 0.6) is 0 Å². The summed E-state index contributed by atoms with van der Waals surface area (Å²) in [5, 5.41) is 12.1. The van der Waals surface area contributed by atoms with E-state index in [2.05, 4.69) is 5.32 Å². The van der Waals surface area contributed by atoms with Gasteiger partial charge in [0.05, 0.1) is 52.9 Å². The average molecular weight is 449 g/mol. The highest BCUT2D eigenvalue weighted by Crippen LogP contribution is 2.65. The van der Waals surface area contributed by atoms with Crippen molar-refractivity contribution >= 4 is 17.5 Å². The number of carbonyl (C=O) groups excluding carboxylic acids is 2. The van der Waals surface area contributed by atoms with Gasteiger partial charge in [-0.1, -0.05) is 6.92 Å². The SMILES string of the molecule is CCC(=O)N[C@H]1C[C@@]2(C)O[C@@]13CCO[C@H]1[C@@H]3[C@@H]2C(=O)N1c1ccc(C#N)c(C(F)(F)F)c1. The minimum Gasteiger partial charge on any atom is -0.365 e. The number of ether oxygens (including phenoxy) is 2. The van der Waals surface area contributed by atoms with Gasteiger partial charge in [0.15, 0.2) is 0 Å². The quantitative estimate of drug-likeness (QED) is 0.766. The Morgan fingerprint density at radius 2 is 2.16 bits per heavy atom. The van der Waals surface area contributed by atoms with Crippen LogP contribution in [0.1, 0.15) is 44.2 Å². The van der Waals surface area contributed by atoms with Crippen molar-refractivity contribution in [1.29, 1.82) is 5.26 Å². The fourth-order valence-electron chi connectivity index (χ4n) is 6.20. The molecule has 10 heteroatoms. The van der Waals surface area contributed by atoms with Gasteiger partial charge in [-0.15, -0.1) is 0 Å². The summed E-state index contributed by atoms with van der Waals surface area (Å²) in [6.45, 7) is 3.82. The van der Waals surface area contributed by atoms with E-state index >= 15 is 0 Å². The minimum atomic E-state index is -4.74. The number of halogens is 3. The molecule has 0 unspecified atom stereocenters. The molecular weight excluding hydrogens is 427 g/mol. The lowest BCUT2D eigenvalue weighted by Crippen LogP contribution is -2.61. The Labute approximate surface area is 182 Å². The van der Waals surface area contributed by atoms with Crippen molar-refractivity contribution in [3.05, 3.63) is 29.3 Å². The summed E-state index contributed by atoms with van der Waals surface area (Å²) < 4.78 is 53.0. The number of rotatable bonds is 3. The molecule has 4 aliphatic heterocycles. The van der Waals surface area contributed by atoms with E-state index in [4.69, 9.17) is 14.7 Å². The van der Waals surface area contributed by atoms with Crippen molar-refractivity contribution in [2.75, 3.05) is 11.5 Å². The molecule has 170 valence electrons. The maximum atomic E-state index is 13.6. The fourth-order valence-corrected chi connectivity index (χ4v) is 6.20. The Morgan fingerprint density at radius 1 is 1.41 bits per heavy atom. The number of nitriles is 1. The summed E-state index contributed by atoms with van der Waals surface area (Å²) in [5.74, 6) is -1.49. The van der Waals surface area contributed by atoms with Gasteiger partial charge in [-0.25, -0.2) is 0 Å². The van der Waals surface area contributed by atoms with Gasteiger partial charge in [-0.3, -0.25) is 14.5 Å². The second kappa shape index (κ2) is 6.68. The van der Waals surface area contributed by atoms with Gasteiger partial charge in [-0.2, -0.15) is 18.4 Å². The molecule has 4 heterocycles. The Hall–Kier alpha value is -2.64. The van der Waals surface area contributed by atoms with E-state index in [1.807, 2.05) is 6.92 Å². The van der Waals surface area contributed by atoms with Crippen molar-refractivity contribution in [3.8, 4) is 6.07 Å². The fraction of sp³-hybridized carbons (Fsp3) is 0.591. The molecule has 7 nitrogen and oxygen atoms in total. The lowest BCUT2D eigenvalue weighted by molar-refractivity contribution is -0.148. The first-order chi connectivity index (χ1) is 15.1. The van der Waals surface area contributed by atoms with Crippen molar-refractivity contribution in [2.24, 2.45) is 11.8 Å². The van der Waals surface area contributed by atoms with Gasteiger partial charge < -0.3 is 14.8 Å². The van der Waals surface area contributed by atoms with Crippen LogP contribution in [0.4, 0.5) is 18.9 Å². The molecule has 1 aromatic rings. The van der Waals surface area contributed by atoms with Crippen LogP contribution in [-0.2, 0) is 25.2 Å².